The molecule has 2 aromatic rings. The normalized spacial score (nSPS) is 12.9. The fourth-order valence-electron chi connectivity index (χ4n) is 2.21. The average Bonchev–Trinajstić information content (AvgIpc) is 2.45. The van der Waals surface area contributed by atoms with Gasteiger partial charge in [-0.1, -0.05) is 47.1 Å². The first-order valence-electron chi connectivity index (χ1n) is 6.73. The molecule has 2 aromatic carbocycles. The van der Waals surface area contributed by atoms with Gasteiger partial charge in [-0.3, -0.25) is 0 Å². The first-order valence-corrected chi connectivity index (χ1v) is 9.41. The van der Waals surface area contributed by atoms with Crippen LogP contribution in [-0.2, 0) is 9.84 Å². The first-order chi connectivity index (χ1) is 9.91. The number of rotatable bonds is 5. The van der Waals surface area contributed by atoms with E-state index in [4.69, 9.17) is 0 Å². The predicted molar refractivity (Wildman–Crippen MR) is 90.3 cm³/mol. The number of para-hydroxylation sites is 1. The lowest BCUT2D eigenvalue weighted by Gasteiger charge is -2.20. The van der Waals surface area contributed by atoms with E-state index in [9.17, 15) is 8.42 Å². The zero-order chi connectivity index (χ0) is 15.5. The molecule has 0 saturated heterocycles. The summed E-state index contributed by atoms with van der Waals surface area (Å²) in [5, 5.41) is 3.35. The summed E-state index contributed by atoms with van der Waals surface area (Å²) in [5.74, 6) is 0. The summed E-state index contributed by atoms with van der Waals surface area (Å²) in [6, 6.07) is 15.1. The van der Waals surface area contributed by atoms with Crippen LogP contribution in [0.4, 0.5) is 5.69 Å². The lowest BCUT2D eigenvalue weighted by atomic mass is 10.0. The Labute approximate surface area is 134 Å². The SMILES string of the molecule is CCC(Nc1ccccc1S(C)(=O)=O)c1ccc(Br)cc1. The molecule has 5 heteroatoms. The quantitative estimate of drug-likeness (QED) is 0.850. The molecule has 0 aliphatic heterocycles. The average molecular weight is 368 g/mol. The Morgan fingerprint density at radius 3 is 2.29 bits per heavy atom. The topological polar surface area (TPSA) is 46.2 Å². The minimum Gasteiger partial charge on any atom is -0.377 e. The largest absolute Gasteiger partial charge is 0.377 e. The highest BCUT2D eigenvalue weighted by Gasteiger charge is 2.16. The van der Waals surface area contributed by atoms with E-state index in [-0.39, 0.29) is 6.04 Å². The number of sulfone groups is 1. The Bertz CT molecular complexity index is 711. The molecule has 0 radical (unpaired) electrons. The molecule has 0 heterocycles. The summed E-state index contributed by atoms with van der Waals surface area (Å²) in [7, 11) is -3.25. The molecule has 0 aliphatic rings. The van der Waals surface area contributed by atoms with E-state index in [1.54, 1.807) is 18.2 Å². The van der Waals surface area contributed by atoms with Crippen molar-refractivity contribution < 1.29 is 8.42 Å². The van der Waals surface area contributed by atoms with Gasteiger partial charge in [-0.25, -0.2) is 8.42 Å². The minimum atomic E-state index is -3.25. The van der Waals surface area contributed by atoms with Gasteiger partial charge in [-0.2, -0.15) is 0 Å². The van der Waals surface area contributed by atoms with Crippen molar-refractivity contribution in [3.8, 4) is 0 Å². The summed E-state index contributed by atoms with van der Waals surface area (Å²) in [4.78, 5) is 0.334. The molecule has 2 rings (SSSR count). The van der Waals surface area contributed by atoms with Crippen molar-refractivity contribution in [1.29, 1.82) is 0 Å². The van der Waals surface area contributed by atoms with E-state index < -0.39 is 9.84 Å². The Hall–Kier alpha value is -1.33. The van der Waals surface area contributed by atoms with Crippen LogP contribution in [0.25, 0.3) is 0 Å². The summed E-state index contributed by atoms with van der Waals surface area (Å²) in [5.41, 5.74) is 1.78. The summed E-state index contributed by atoms with van der Waals surface area (Å²) in [6.45, 7) is 2.07. The molecule has 0 fully saturated rings. The Balaban J connectivity index is 2.34. The van der Waals surface area contributed by atoms with E-state index in [2.05, 4.69) is 28.2 Å². The van der Waals surface area contributed by atoms with Crippen molar-refractivity contribution in [3.05, 3.63) is 58.6 Å². The van der Waals surface area contributed by atoms with Crippen LogP contribution in [0, 0.1) is 0 Å². The standard InChI is InChI=1S/C16H18BrNO2S/c1-3-14(12-8-10-13(17)11-9-12)18-15-6-4-5-7-16(15)21(2,19)20/h4-11,14,18H,3H2,1-2H3. The monoisotopic (exact) mass is 367 g/mol. The van der Waals surface area contributed by atoms with Crippen LogP contribution in [0.1, 0.15) is 24.9 Å². The van der Waals surface area contributed by atoms with Crippen molar-refractivity contribution in [1.82, 2.24) is 0 Å². The summed E-state index contributed by atoms with van der Waals surface area (Å²) >= 11 is 3.42. The zero-order valence-electron chi connectivity index (χ0n) is 12.0. The van der Waals surface area contributed by atoms with Crippen LogP contribution in [0.15, 0.2) is 57.9 Å². The van der Waals surface area contributed by atoms with Gasteiger partial charge in [0.25, 0.3) is 0 Å². The smallest absolute Gasteiger partial charge is 0.177 e. The number of nitrogens with one attached hydrogen (secondary N) is 1. The second-order valence-electron chi connectivity index (χ2n) is 4.93. The van der Waals surface area contributed by atoms with Crippen molar-refractivity contribution in [2.45, 2.75) is 24.3 Å². The zero-order valence-corrected chi connectivity index (χ0v) is 14.4. The van der Waals surface area contributed by atoms with Gasteiger partial charge in [0.1, 0.15) is 0 Å². The Morgan fingerprint density at radius 2 is 1.71 bits per heavy atom. The highest BCUT2D eigenvalue weighted by molar-refractivity contribution is 9.10. The Morgan fingerprint density at radius 1 is 1.10 bits per heavy atom. The van der Waals surface area contributed by atoms with E-state index in [1.165, 1.54) is 6.26 Å². The lowest BCUT2D eigenvalue weighted by molar-refractivity contribution is 0.602. The van der Waals surface area contributed by atoms with Crippen LogP contribution in [-0.4, -0.2) is 14.7 Å². The number of benzene rings is 2. The molecule has 0 spiro atoms. The fraction of sp³-hybridized carbons (Fsp3) is 0.250. The molecule has 0 bridgehead atoms. The van der Waals surface area contributed by atoms with Gasteiger partial charge in [0, 0.05) is 10.7 Å². The molecule has 1 unspecified atom stereocenters. The molecule has 21 heavy (non-hydrogen) atoms. The maximum absolute atomic E-state index is 11.9. The molecule has 0 aromatic heterocycles. The van der Waals surface area contributed by atoms with Gasteiger partial charge >= 0.3 is 0 Å². The third-order valence-electron chi connectivity index (χ3n) is 3.30. The lowest BCUT2D eigenvalue weighted by Crippen LogP contribution is -2.12. The predicted octanol–water partition coefficient (Wildman–Crippen LogP) is 4.42. The van der Waals surface area contributed by atoms with Crippen LogP contribution >= 0.6 is 15.9 Å². The molecule has 0 aliphatic carbocycles. The van der Waals surface area contributed by atoms with Crippen molar-refractivity contribution in [2.75, 3.05) is 11.6 Å². The molecule has 0 amide bonds. The van der Waals surface area contributed by atoms with Gasteiger partial charge in [0.15, 0.2) is 9.84 Å². The van der Waals surface area contributed by atoms with Crippen LogP contribution in [0.5, 0.6) is 0 Å². The second kappa shape index (κ2) is 6.62. The molecule has 1 atom stereocenters. The molecule has 1 N–H and O–H groups in total. The van der Waals surface area contributed by atoms with Crippen molar-refractivity contribution in [3.63, 3.8) is 0 Å². The van der Waals surface area contributed by atoms with E-state index in [0.29, 0.717) is 10.6 Å². The summed E-state index contributed by atoms with van der Waals surface area (Å²) in [6.07, 6.45) is 2.09. The Kier molecular flexibility index (Phi) is 5.06. The molecule has 3 nitrogen and oxygen atoms in total. The molecular formula is C16H18BrNO2S. The maximum Gasteiger partial charge on any atom is 0.177 e. The van der Waals surface area contributed by atoms with Gasteiger partial charge in [-0.05, 0) is 36.2 Å². The van der Waals surface area contributed by atoms with E-state index >= 15 is 0 Å². The molecule has 112 valence electrons. The number of hydrogen-bond acceptors (Lipinski definition) is 3. The summed E-state index contributed by atoms with van der Waals surface area (Å²) < 4.78 is 24.7. The van der Waals surface area contributed by atoms with Crippen molar-refractivity contribution >= 4 is 31.5 Å². The van der Waals surface area contributed by atoms with Gasteiger partial charge in [-0.15, -0.1) is 0 Å². The molecule has 0 saturated carbocycles. The maximum atomic E-state index is 11.9. The van der Waals surface area contributed by atoms with E-state index in [0.717, 1.165) is 16.5 Å². The van der Waals surface area contributed by atoms with Gasteiger partial charge < -0.3 is 5.32 Å². The number of halogens is 1. The highest BCUT2D eigenvalue weighted by atomic mass is 79.9. The second-order valence-corrected chi connectivity index (χ2v) is 7.82. The van der Waals surface area contributed by atoms with Crippen molar-refractivity contribution in [2.24, 2.45) is 0 Å². The number of anilines is 1. The van der Waals surface area contributed by atoms with Crippen LogP contribution < -0.4 is 5.32 Å². The first kappa shape index (κ1) is 16.0. The van der Waals surface area contributed by atoms with Gasteiger partial charge in [0.2, 0.25) is 0 Å². The number of hydrogen-bond donors (Lipinski definition) is 1. The van der Waals surface area contributed by atoms with Gasteiger partial charge in [0.05, 0.1) is 16.6 Å². The fourth-order valence-corrected chi connectivity index (χ4v) is 3.33. The highest BCUT2D eigenvalue weighted by Crippen LogP contribution is 2.28. The van der Waals surface area contributed by atoms with Crippen LogP contribution in [0.2, 0.25) is 0 Å². The molecular weight excluding hydrogens is 350 g/mol. The minimum absolute atomic E-state index is 0.0704. The third kappa shape index (κ3) is 4.08. The van der Waals surface area contributed by atoms with E-state index in [1.807, 2.05) is 30.3 Å². The third-order valence-corrected chi connectivity index (χ3v) is 4.98. The van der Waals surface area contributed by atoms with Crippen LogP contribution in [0.3, 0.4) is 0 Å².